The average molecular weight is 377 g/mol. The number of ether oxygens (including phenoxy) is 1. The first kappa shape index (κ1) is 18.5. The minimum absolute atomic E-state index is 0.0903. The van der Waals surface area contributed by atoms with Gasteiger partial charge in [-0.2, -0.15) is 8.78 Å². The van der Waals surface area contributed by atoms with E-state index in [1.165, 1.54) is 11.6 Å². The van der Waals surface area contributed by atoms with Gasteiger partial charge in [-0.3, -0.25) is 4.90 Å². The van der Waals surface area contributed by atoms with Crippen LogP contribution in [0.3, 0.4) is 0 Å². The van der Waals surface area contributed by atoms with Gasteiger partial charge in [-0.15, -0.1) is 0 Å². The SMILES string of the molecule is FC(F)Oc1ccccc1NC(=S)N1CCN(Cc2ccccc2)CC1. The lowest BCUT2D eigenvalue weighted by atomic mass is 10.2. The number of piperazine rings is 1. The van der Waals surface area contributed by atoms with Crippen LogP contribution in [0.25, 0.3) is 0 Å². The highest BCUT2D eigenvalue weighted by atomic mass is 32.1. The third-order valence-corrected chi connectivity index (χ3v) is 4.61. The third kappa shape index (κ3) is 5.12. The van der Waals surface area contributed by atoms with E-state index in [2.05, 4.69) is 32.0 Å². The van der Waals surface area contributed by atoms with Gasteiger partial charge in [0, 0.05) is 32.7 Å². The van der Waals surface area contributed by atoms with Crippen LogP contribution in [-0.2, 0) is 6.54 Å². The Morgan fingerprint density at radius 1 is 1.00 bits per heavy atom. The fraction of sp³-hybridized carbons (Fsp3) is 0.316. The number of nitrogens with zero attached hydrogens (tertiary/aromatic N) is 2. The van der Waals surface area contributed by atoms with E-state index < -0.39 is 6.61 Å². The topological polar surface area (TPSA) is 27.7 Å². The Kier molecular flexibility index (Phi) is 6.35. The van der Waals surface area contributed by atoms with Crippen LogP contribution in [0.4, 0.5) is 14.5 Å². The fourth-order valence-corrected chi connectivity index (χ4v) is 3.21. The van der Waals surface area contributed by atoms with Gasteiger partial charge in [-0.05, 0) is 29.9 Å². The first-order valence-corrected chi connectivity index (χ1v) is 8.88. The van der Waals surface area contributed by atoms with Crippen LogP contribution in [0.2, 0.25) is 0 Å². The lowest BCUT2D eigenvalue weighted by Crippen LogP contribution is -2.49. The number of nitrogens with one attached hydrogen (secondary N) is 1. The molecule has 138 valence electrons. The fourth-order valence-electron chi connectivity index (χ4n) is 2.91. The molecule has 0 radical (unpaired) electrons. The number of para-hydroxylation sites is 2. The molecular formula is C19H21F2N3OS. The van der Waals surface area contributed by atoms with Crippen LogP contribution in [-0.4, -0.2) is 47.7 Å². The van der Waals surface area contributed by atoms with E-state index in [-0.39, 0.29) is 5.75 Å². The van der Waals surface area contributed by atoms with Crippen LogP contribution in [0.1, 0.15) is 5.56 Å². The van der Waals surface area contributed by atoms with Gasteiger partial charge in [0.1, 0.15) is 5.75 Å². The standard InChI is InChI=1S/C19H21F2N3OS/c20-18(21)25-17-9-5-4-8-16(17)22-19(26)24-12-10-23(11-13-24)14-15-6-2-1-3-7-15/h1-9,18H,10-14H2,(H,22,26). The average Bonchev–Trinajstić information content (AvgIpc) is 2.64. The van der Waals surface area contributed by atoms with Crippen molar-refractivity contribution in [1.29, 1.82) is 0 Å². The Labute approximate surface area is 157 Å². The van der Waals surface area contributed by atoms with Crippen LogP contribution in [0.15, 0.2) is 54.6 Å². The van der Waals surface area contributed by atoms with Crippen molar-refractivity contribution in [2.45, 2.75) is 13.2 Å². The normalized spacial score (nSPS) is 15.1. The number of rotatable bonds is 5. The lowest BCUT2D eigenvalue weighted by molar-refractivity contribution is -0.0493. The lowest BCUT2D eigenvalue weighted by Gasteiger charge is -2.36. The van der Waals surface area contributed by atoms with E-state index in [1.807, 2.05) is 18.2 Å². The summed E-state index contributed by atoms with van der Waals surface area (Å²) < 4.78 is 29.6. The molecule has 1 aliphatic rings. The van der Waals surface area contributed by atoms with Gasteiger partial charge >= 0.3 is 6.61 Å². The van der Waals surface area contributed by atoms with Crippen molar-refractivity contribution in [2.24, 2.45) is 0 Å². The second-order valence-corrected chi connectivity index (χ2v) is 6.44. The summed E-state index contributed by atoms with van der Waals surface area (Å²) in [6, 6.07) is 16.9. The van der Waals surface area contributed by atoms with Gasteiger partial charge in [0.15, 0.2) is 5.11 Å². The molecular weight excluding hydrogens is 356 g/mol. The highest BCUT2D eigenvalue weighted by molar-refractivity contribution is 7.80. The molecule has 2 aromatic rings. The first-order chi connectivity index (χ1) is 12.6. The van der Waals surface area contributed by atoms with E-state index in [9.17, 15) is 8.78 Å². The molecule has 1 fully saturated rings. The summed E-state index contributed by atoms with van der Waals surface area (Å²) in [5.41, 5.74) is 1.74. The van der Waals surface area contributed by atoms with Crippen molar-refractivity contribution in [3.05, 3.63) is 60.2 Å². The molecule has 7 heteroatoms. The highest BCUT2D eigenvalue weighted by Gasteiger charge is 2.20. The summed E-state index contributed by atoms with van der Waals surface area (Å²) in [5, 5.41) is 3.55. The molecule has 0 saturated carbocycles. The molecule has 2 aromatic carbocycles. The molecule has 0 unspecified atom stereocenters. The predicted molar refractivity (Wildman–Crippen MR) is 103 cm³/mol. The minimum atomic E-state index is -2.87. The summed E-state index contributed by atoms with van der Waals surface area (Å²) in [5.74, 6) is 0.0903. The van der Waals surface area contributed by atoms with Crippen molar-refractivity contribution in [3.8, 4) is 5.75 Å². The molecule has 1 saturated heterocycles. The molecule has 0 atom stereocenters. The Hall–Kier alpha value is -2.25. The van der Waals surface area contributed by atoms with Gasteiger partial charge in [0.05, 0.1) is 5.69 Å². The quantitative estimate of drug-likeness (QED) is 0.800. The molecule has 1 aliphatic heterocycles. The molecule has 4 nitrogen and oxygen atoms in total. The maximum absolute atomic E-state index is 12.5. The number of hydrogen-bond acceptors (Lipinski definition) is 3. The Bertz CT molecular complexity index is 722. The summed E-state index contributed by atoms with van der Waals surface area (Å²) in [7, 11) is 0. The second-order valence-electron chi connectivity index (χ2n) is 6.05. The van der Waals surface area contributed by atoms with E-state index in [0.29, 0.717) is 10.8 Å². The van der Waals surface area contributed by atoms with Crippen LogP contribution < -0.4 is 10.1 Å². The van der Waals surface area contributed by atoms with Crippen molar-refractivity contribution in [3.63, 3.8) is 0 Å². The minimum Gasteiger partial charge on any atom is -0.433 e. The highest BCUT2D eigenvalue weighted by Crippen LogP contribution is 2.26. The maximum atomic E-state index is 12.5. The summed E-state index contributed by atoms with van der Waals surface area (Å²) in [4.78, 5) is 4.43. The van der Waals surface area contributed by atoms with Gasteiger partial charge < -0.3 is 15.0 Å². The molecule has 3 rings (SSSR count). The zero-order chi connectivity index (χ0) is 18.4. The zero-order valence-electron chi connectivity index (χ0n) is 14.3. The number of halogens is 2. The Morgan fingerprint density at radius 3 is 2.35 bits per heavy atom. The van der Waals surface area contributed by atoms with Crippen LogP contribution in [0, 0.1) is 0 Å². The van der Waals surface area contributed by atoms with E-state index in [4.69, 9.17) is 12.2 Å². The van der Waals surface area contributed by atoms with Crippen molar-refractivity contribution in [1.82, 2.24) is 9.80 Å². The summed E-state index contributed by atoms with van der Waals surface area (Å²) in [6.45, 7) is 1.41. The first-order valence-electron chi connectivity index (χ1n) is 8.48. The number of thiocarbonyl (C=S) groups is 1. The number of anilines is 1. The van der Waals surface area contributed by atoms with Crippen molar-refractivity contribution < 1.29 is 13.5 Å². The Balaban J connectivity index is 1.53. The van der Waals surface area contributed by atoms with Gasteiger partial charge in [-0.1, -0.05) is 42.5 Å². The van der Waals surface area contributed by atoms with E-state index in [0.717, 1.165) is 32.7 Å². The molecule has 0 aromatic heterocycles. The Morgan fingerprint density at radius 2 is 1.65 bits per heavy atom. The summed E-state index contributed by atoms with van der Waals surface area (Å²) in [6.07, 6.45) is 0. The smallest absolute Gasteiger partial charge is 0.387 e. The monoisotopic (exact) mass is 377 g/mol. The van der Waals surface area contributed by atoms with Crippen LogP contribution >= 0.6 is 12.2 Å². The van der Waals surface area contributed by atoms with Gasteiger partial charge in [0.25, 0.3) is 0 Å². The van der Waals surface area contributed by atoms with E-state index >= 15 is 0 Å². The molecule has 0 aliphatic carbocycles. The number of hydrogen-bond donors (Lipinski definition) is 1. The largest absolute Gasteiger partial charge is 0.433 e. The molecule has 0 amide bonds. The zero-order valence-corrected chi connectivity index (χ0v) is 15.1. The molecule has 26 heavy (non-hydrogen) atoms. The van der Waals surface area contributed by atoms with Gasteiger partial charge in [0.2, 0.25) is 0 Å². The molecule has 0 spiro atoms. The molecule has 0 bridgehead atoms. The maximum Gasteiger partial charge on any atom is 0.387 e. The van der Waals surface area contributed by atoms with Crippen LogP contribution in [0.5, 0.6) is 5.75 Å². The van der Waals surface area contributed by atoms with Crippen molar-refractivity contribution in [2.75, 3.05) is 31.5 Å². The second kappa shape index (κ2) is 8.91. The van der Waals surface area contributed by atoms with E-state index in [1.54, 1.807) is 18.2 Å². The number of alkyl halides is 2. The third-order valence-electron chi connectivity index (χ3n) is 4.25. The molecule has 1 heterocycles. The van der Waals surface area contributed by atoms with Crippen molar-refractivity contribution >= 4 is 23.0 Å². The molecule has 1 N–H and O–H groups in total. The summed E-state index contributed by atoms with van der Waals surface area (Å²) >= 11 is 5.45. The number of benzene rings is 2. The predicted octanol–water partition coefficient (Wildman–Crippen LogP) is 3.80. The van der Waals surface area contributed by atoms with Gasteiger partial charge in [-0.25, -0.2) is 0 Å².